The van der Waals surface area contributed by atoms with Crippen molar-refractivity contribution in [2.75, 3.05) is 20.2 Å². The topological polar surface area (TPSA) is 21.3 Å². The van der Waals surface area contributed by atoms with Crippen molar-refractivity contribution in [1.82, 2.24) is 5.32 Å². The molecule has 16 heavy (non-hydrogen) atoms. The molecule has 1 aromatic rings. The molecule has 0 aromatic heterocycles. The molecule has 3 heteroatoms. The summed E-state index contributed by atoms with van der Waals surface area (Å²) in [6.07, 6.45) is 2.19. The molecule has 1 N–H and O–H groups in total. The van der Waals surface area contributed by atoms with E-state index in [2.05, 4.69) is 12.2 Å². The SMILES string of the molecule is COc1ccc(F)cc1C1(C)CCCNC1. The summed E-state index contributed by atoms with van der Waals surface area (Å²) in [5, 5.41) is 3.37. The average Bonchev–Trinajstić information content (AvgIpc) is 2.30. The summed E-state index contributed by atoms with van der Waals surface area (Å²) < 4.78 is 18.7. The fraction of sp³-hybridized carbons (Fsp3) is 0.538. The van der Waals surface area contributed by atoms with E-state index < -0.39 is 0 Å². The number of ether oxygens (including phenoxy) is 1. The number of methoxy groups -OCH3 is 1. The predicted molar refractivity (Wildman–Crippen MR) is 62.4 cm³/mol. The van der Waals surface area contributed by atoms with Crippen LogP contribution in [-0.4, -0.2) is 20.2 Å². The van der Waals surface area contributed by atoms with Gasteiger partial charge >= 0.3 is 0 Å². The largest absolute Gasteiger partial charge is 0.496 e. The first-order valence-electron chi connectivity index (χ1n) is 5.70. The summed E-state index contributed by atoms with van der Waals surface area (Å²) in [5.74, 6) is 0.593. The number of rotatable bonds is 2. The number of piperidine rings is 1. The van der Waals surface area contributed by atoms with Gasteiger partial charge in [-0.3, -0.25) is 0 Å². The summed E-state index contributed by atoms with van der Waals surface area (Å²) in [4.78, 5) is 0. The number of hydrogen-bond acceptors (Lipinski definition) is 2. The lowest BCUT2D eigenvalue weighted by atomic mass is 9.76. The zero-order valence-corrected chi connectivity index (χ0v) is 9.85. The van der Waals surface area contributed by atoms with E-state index in [0.717, 1.165) is 37.2 Å². The van der Waals surface area contributed by atoms with Gasteiger partial charge in [-0.15, -0.1) is 0 Å². The van der Waals surface area contributed by atoms with Crippen molar-refractivity contribution in [3.8, 4) is 5.75 Å². The molecular formula is C13H18FNO. The Morgan fingerprint density at radius 1 is 1.44 bits per heavy atom. The summed E-state index contributed by atoms with van der Waals surface area (Å²) in [7, 11) is 1.64. The van der Waals surface area contributed by atoms with Crippen molar-refractivity contribution in [3.63, 3.8) is 0 Å². The third-order valence-electron chi connectivity index (χ3n) is 3.41. The van der Waals surface area contributed by atoms with E-state index in [9.17, 15) is 4.39 Å². The standard InChI is InChI=1S/C13H18FNO/c1-13(6-3-7-15-9-13)11-8-10(14)4-5-12(11)16-2/h4-5,8,15H,3,6-7,9H2,1-2H3. The molecule has 1 fully saturated rings. The summed E-state index contributed by atoms with van der Waals surface area (Å²) in [6.45, 7) is 4.09. The van der Waals surface area contributed by atoms with Gasteiger partial charge in [0, 0.05) is 17.5 Å². The van der Waals surface area contributed by atoms with Crippen molar-refractivity contribution in [2.45, 2.75) is 25.2 Å². The van der Waals surface area contributed by atoms with Crippen LogP contribution in [0.5, 0.6) is 5.75 Å². The van der Waals surface area contributed by atoms with E-state index >= 15 is 0 Å². The zero-order valence-electron chi connectivity index (χ0n) is 9.85. The van der Waals surface area contributed by atoms with Crippen molar-refractivity contribution in [3.05, 3.63) is 29.6 Å². The molecule has 1 atom stereocenters. The highest BCUT2D eigenvalue weighted by molar-refractivity contribution is 5.40. The maximum Gasteiger partial charge on any atom is 0.123 e. The minimum absolute atomic E-state index is 0.0221. The highest BCUT2D eigenvalue weighted by atomic mass is 19.1. The van der Waals surface area contributed by atoms with Gasteiger partial charge in [0.25, 0.3) is 0 Å². The van der Waals surface area contributed by atoms with E-state index in [4.69, 9.17) is 4.74 Å². The molecule has 1 aliphatic heterocycles. The minimum Gasteiger partial charge on any atom is -0.496 e. The third-order valence-corrected chi connectivity index (χ3v) is 3.41. The van der Waals surface area contributed by atoms with Crippen LogP contribution in [0.3, 0.4) is 0 Å². The van der Waals surface area contributed by atoms with Crippen LogP contribution in [-0.2, 0) is 5.41 Å². The van der Waals surface area contributed by atoms with Gasteiger partial charge in [-0.25, -0.2) is 4.39 Å². The van der Waals surface area contributed by atoms with Crippen LogP contribution in [0.1, 0.15) is 25.3 Å². The van der Waals surface area contributed by atoms with Crippen LogP contribution in [0.15, 0.2) is 18.2 Å². The molecule has 1 saturated heterocycles. The van der Waals surface area contributed by atoms with Gasteiger partial charge in [0.1, 0.15) is 11.6 Å². The predicted octanol–water partition coefficient (Wildman–Crippen LogP) is 2.48. The Balaban J connectivity index is 2.40. The molecule has 1 heterocycles. The molecule has 0 aliphatic carbocycles. The number of hydrogen-bond donors (Lipinski definition) is 1. The van der Waals surface area contributed by atoms with Gasteiger partial charge in [0.2, 0.25) is 0 Å². The van der Waals surface area contributed by atoms with Gasteiger partial charge in [-0.1, -0.05) is 6.92 Å². The molecule has 0 spiro atoms. The molecule has 0 amide bonds. The second-order valence-corrected chi connectivity index (χ2v) is 4.69. The van der Waals surface area contributed by atoms with Gasteiger partial charge in [0.05, 0.1) is 7.11 Å². The smallest absolute Gasteiger partial charge is 0.123 e. The second-order valence-electron chi connectivity index (χ2n) is 4.69. The monoisotopic (exact) mass is 223 g/mol. The first-order chi connectivity index (χ1) is 7.65. The Morgan fingerprint density at radius 3 is 2.88 bits per heavy atom. The number of benzene rings is 1. The molecule has 1 aliphatic rings. The molecule has 1 aromatic carbocycles. The van der Waals surface area contributed by atoms with Crippen molar-refractivity contribution >= 4 is 0 Å². The Labute approximate surface area is 95.8 Å². The van der Waals surface area contributed by atoms with Crippen LogP contribution in [0.2, 0.25) is 0 Å². The van der Waals surface area contributed by atoms with Crippen LogP contribution in [0.4, 0.5) is 4.39 Å². The molecule has 0 saturated carbocycles. The molecule has 2 nitrogen and oxygen atoms in total. The Hall–Kier alpha value is -1.09. The van der Waals surface area contributed by atoms with Gasteiger partial charge in [-0.05, 0) is 37.6 Å². The van der Waals surface area contributed by atoms with E-state index in [-0.39, 0.29) is 11.2 Å². The van der Waals surface area contributed by atoms with Gasteiger partial charge in [0.15, 0.2) is 0 Å². The highest BCUT2D eigenvalue weighted by Gasteiger charge is 2.31. The average molecular weight is 223 g/mol. The van der Waals surface area contributed by atoms with E-state index in [1.165, 1.54) is 6.07 Å². The van der Waals surface area contributed by atoms with Crippen molar-refractivity contribution < 1.29 is 9.13 Å². The maximum atomic E-state index is 13.3. The van der Waals surface area contributed by atoms with Crippen LogP contribution in [0, 0.1) is 5.82 Å². The highest BCUT2D eigenvalue weighted by Crippen LogP contribution is 2.36. The minimum atomic E-state index is -0.192. The fourth-order valence-corrected chi connectivity index (χ4v) is 2.44. The lowest BCUT2D eigenvalue weighted by Gasteiger charge is -2.35. The molecular weight excluding hydrogens is 205 g/mol. The molecule has 1 unspecified atom stereocenters. The second kappa shape index (κ2) is 4.42. The van der Waals surface area contributed by atoms with Gasteiger partial charge in [-0.2, -0.15) is 0 Å². The lowest BCUT2D eigenvalue weighted by Crippen LogP contribution is -2.41. The molecule has 0 radical (unpaired) electrons. The third kappa shape index (κ3) is 2.05. The maximum absolute atomic E-state index is 13.3. The summed E-state index contributed by atoms with van der Waals surface area (Å²) in [5.41, 5.74) is 0.952. The van der Waals surface area contributed by atoms with E-state index in [1.54, 1.807) is 19.2 Å². The molecule has 2 rings (SSSR count). The van der Waals surface area contributed by atoms with E-state index in [1.807, 2.05) is 0 Å². The number of halogens is 1. The normalized spacial score (nSPS) is 25.4. The van der Waals surface area contributed by atoms with E-state index in [0.29, 0.717) is 0 Å². The van der Waals surface area contributed by atoms with Crippen LogP contribution >= 0.6 is 0 Å². The Morgan fingerprint density at radius 2 is 2.25 bits per heavy atom. The summed E-state index contributed by atoms with van der Waals surface area (Å²) in [6, 6.07) is 4.76. The van der Waals surface area contributed by atoms with Gasteiger partial charge < -0.3 is 10.1 Å². The van der Waals surface area contributed by atoms with Crippen molar-refractivity contribution in [1.29, 1.82) is 0 Å². The lowest BCUT2D eigenvalue weighted by molar-refractivity contribution is 0.319. The Kier molecular flexibility index (Phi) is 3.15. The fourth-order valence-electron chi connectivity index (χ4n) is 2.44. The zero-order chi connectivity index (χ0) is 11.6. The Bertz CT molecular complexity index is 372. The number of nitrogens with one attached hydrogen (secondary N) is 1. The molecule has 88 valence electrons. The molecule has 0 bridgehead atoms. The first kappa shape index (κ1) is 11.4. The van der Waals surface area contributed by atoms with Crippen molar-refractivity contribution in [2.24, 2.45) is 0 Å². The summed E-state index contributed by atoms with van der Waals surface area (Å²) >= 11 is 0. The van der Waals surface area contributed by atoms with Crippen LogP contribution in [0.25, 0.3) is 0 Å². The quantitative estimate of drug-likeness (QED) is 0.831. The first-order valence-corrected chi connectivity index (χ1v) is 5.70. The van der Waals surface area contributed by atoms with Crippen LogP contribution < -0.4 is 10.1 Å².